The number of aromatic hydroxyl groups is 2. The van der Waals surface area contributed by atoms with Crippen molar-refractivity contribution in [2.24, 2.45) is 11.8 Å². The van der Waals surface area contributed by atoms with Crippen LogP contribution in [0.2, 0.25) is 0 Å². The number of carbonyl (C=O) groups is 5. The van der Waals surface area contributed by atoms with Crippen LogP contribution in [0.15, 0.2) is 59.1 Å². The normalized spacial score (nSPS) is 26.2. The van der Waals surface area contributed by atoms with Gasteiger partial charge in [-0.1, -0.05) is 24.3 Å². The number of allylic oxidation sites excluding steroid dienone is 4. The number of phenolic OH excluding ortho intramolecular Hbond substituents is 2. The van der Waals surface area contributed by atoms with E-state index < -0.39 is 53.0 Å². The van der Waals surface area contributed by atoms with Crippen LogP contribution in [0.3, 0.4) is 0 Å². The van der Waals surface area contributed by atoms with Crippen LogP contribution in [0.4, 0.5) is 0 Å². The lowest BCUT2D eigenvalue weighted by Crippen LogP contribution is -2.46. The Kier molecular flexibility index (Phi) is 5.17. The Balaban J connectivity index is 1.31. The predicted octanol–water partition coefficient (Wildman–Crippen LogP) is 3.48. The van der Waals surface area contributed by atoms with E-state index in [1.807, 2.05) is 0 Å². The van der Waals surface area contributed by atoms with E-state index in [1.54, 1.807) is 0 Å². The fraction of sp³-hybridized carbons (Fsp3) is 0.276. The van der Waals surface area contributed by atoms with Gasteiger partial charge in [0.2, 0.25) is 5.78 Å². The van der Waals surface area contributed by atoms with E-state index in [4.69, 9.17) is 9.47 Å². The Bertz CT molecular complexity index is 1460. The summed E-state index contributed by atoms with van der Waals surface area (Å²) in [5.74, 6) is -4.55. The van der Waals surface area contributed by atoms with E-state index in [1.165, 1.54) is 50.2 Å². The van der Waals surface area contributed by atoms with Crippen LogP contribution in [0.5, 0.6) is 11.5 Å². The molecule has 0 aromatic heterocycles. The van der Waals surface area contributed by atoms with E-state index in [-0.39, 0.29) is 69.3 Å². The molecule has 0 saturated carbocycles. The molecule has 0 spiro atoms. The van der Waals surface area contributed by atoms with Gasteiger partial charge in [-0.25, -0.2) is 0 Å². The molecular weight excluding hydrogens is 492 g/mol. The molecule has 4 aliphatic rings. The second-order valence-electron chi connectivity index (χ2n) is 9.92. The molecule has 4 atom stereocenters. The van der Waals surface area contributed by atoms with Gasteiger partial charge in [0.25, 0.3) is 0 Å². The third-order valence-electron chi connectivity index (χ3n) is 7.82. The van der Waals surface area contributed by atoms with Gasteiger partial charge < -0.3 is 19.7 Å². The first kappa shape index (κ1) is 23.8. The van der Waals surface area contributed by atoms with Crippen molar-refractivity contribution in [1.29, 1.82) is 0 Å². The Morgan fingerprint density at radius 1 is 0.711 bits per heavy atom. The second-order valence-corrected chi connectivity index (χ2v) is 9.92. The molecule has 192 valence electrons. The summed E-state index contributed by atoms with van der Waals surface area (Å²) in [6, 6.07) is 8.55. The maximum absolute atomic E-state index is 13.6. The fourth-order valence-corrected chi connectivity index (χ4v) is 6.09. The zero-order chi connectivity index (χ0) is 27.0. The van der Waals surface area contributed by atoms with Crippen molar-refractivity contribution >= 4 is 28.9 Å². The lowest BCUT2D eigenvalue weighted by molar-refractivity contribution is -0.140. The van der Waals surface area contributed by atoms with Crippen LogP contribution in [0.25, 0.3) is 0 Å². The molecule has 9 nitrogen and oxygen atoms in total. The first-order valence-corrected chi connectivity index (χ1v) is 12.2. The number of ketones is 5. The molecule has 2 aliphatic carbocycles. The first-order chi connectivity index (χ1) is 18.1. The zero-order valence-corrected chi connectivity index (χ0v) is 20.4. The standard InChI is InChI=1S/C29H22O9/c1-11-21-15(25(32)13-5-3-7-17(30)23(13)28(21)35)9-19(37-11)27(34)20-10-16-22(12(2)38-20)29(36)24-14(26(16)33)6-4-8-18(24)31/h3-8,15-16,19-20,30-31H,9-10H2,1-2H3. The number of fused-ring (bicyclic) bond motifs is 4. The van der Waals surface area contributed by atoms with E-state index in [0.717, 1.165) is 0 Å². The lowest BCUT2D eigenvalue weighted by Gasteiger charge is -2.38. The molecule has 4 unspecified atom stereocenters. The van der Waals surface area contributed by atoms with Gasteiger partial charge in [-0.2, -0.15) is 0 Å². The maximum atomic E-state index is 13.6. The molecule has 0 bridgehead atoms. The Labute approximate surface area is 216 Å². The van der Waals surface area contributed by atoms with Crippen molar-refractivity contribution in [3.8, 4) is 11.5 Å². The average Bonchev–Trinajstić information content (AvgIpc) is 2.88. The van der Waals surface area contributed by atoms with Gasteiger partial charge in [-0.15, -0.1) is 0 Å². The van der Waals surface area contributed by atoms with Gasteiger partial charge in [0.05, 0.1) is 23.0 Å². The van der Waals surface area contributed by atoms with Crippen molar-refractivity contribution in [1.82, 2.24) is 0 Å². The Hall–Kier alpha value is -4.53. The molecule has 0 radical (unpaired) electrons. The minimum absolute atomic E-state index is 0.0767. The van der Waals surface area contributed by atoms with Crippen LogP contribution in [0.1, 0.15) is 68.1 Å². The van der Waals surface area contributed by atoms with Crippen molar-refractivity contribution in [3.63, 3.8) is 0 Å². The molecule has 2 heterocycles. The lowest BCUT2D eigenvalue weighted by atomic mass is 9.71. The fourth-order valence-electron chi connectivity index (χ4n) is 6.09. The zero-order valence-electron chi connectivity index (χ0n) is 20.4. The minimum atomic E-state index is -1.12. The summed E-state index contributed by atoms with van der Waals surface area (Å²) < 4.78 is 11.7. The molecule has 9 heteroatoms. The van der Waals surface area contributed by atoms with E-state index in [2.05, 4.69) is 0 Å². The average molecular weight is 514 g/mol. The van der Waals surface area contributed by atoms with E-state index in [9.17, 15) is 34.2 Å². The first-order valence-electron chi connectivity index (χ1n) is 12.2. The molecular formula is C29H22O9. The van der Waals surface area contributed by atoms with E-state index in [0.29, 0.717) is 0 Å². The summed E-state index contributed by atoms with van der Waals surface area (Å²) in [5.41, 5.74) is 0.255. The van der Waals surface area contributed by atoms with Crippen LogP contribution < -0.4 is 0 Å². The summed E-state index contributed by atoms with van der Waals surface area (Å²) in [6.45, 7) is 2.99. The Morgan fingerprint density at radius 3 is 1.50 bits per heavy atom. The van der Waals surface area contributed by atoms with E-state index >= 15 is 0 Å². The number of ether oxygens (including phenoxy) is 2. The number of phenols is 2. The molecule has 2 aliphatic heterocycles. The number of hydrogen-bond donors (Lipinski definition) is 2. The van der Waals surface area contributed by atoms with Crippen molar-refractivity contribution in [3.05, 3.63) is 81.3 Å². The molecule has 0 saturated heterocycles. The third-order valence-corrected chi connectivity index (χ3v) is 7.82. The largest absolute Gasteiger partial charge is 0.507 e. The van der Waals surface area contributed by atoms with Crippen LogP contribution in [-0.2, 0) is 14.3 Å². The monoisotopic (exact) mass is 514 g/mol. The quantitative estimate of drug-likeness (QED) is 0.615. The Morgan fingerprint density at radius 2 is 1.11 bits per heavy atom. The minimum Gasteiger partial charge on any atom is -0.507 e. The van der Waals surface area contributed by atoms with Gasteiger partial charge in [0.1, 0.15) is 23.0 Å². The van der Waals surface area contributed by atoms with Gasteiger partial charge in [0, 0.05) is 35.1 Å². The topological polar surface area (TPSA) is 144 Å². The predicted molar refractivity (Wildman–Crippen MR) is 130 cm³/mol. The van der Waals surface area contributed by atoms with Gasteiger partial charge in [-0.3, -0.25) is 24.0 Å². The van der Waals surface area contributed by atoms with Crippen LogP contribution in [0, 0.1) is 11.8 Å². The SMILES string of the molecule is CC1=C2C(=O)c3c(O)cccc3C(=O)C2CC(C(=O)C2CC3C(=O)c4cccc(O)c4C(=O)C3=C(C)O2)O1. The summed E-state index contributed by atoms with van der Waals surface area (Å²) in [7, 11) is 0. The molecule has 0 fully saturated rings. The highest BCUT2D eigenvalue weighted by Gasteiger charge is 2.50. The molecule has 2 aromatic rings. The van der Waals surface area contributed by atoms with Gasteiger partial charge in [-0.05, 0) is 26.0 Å². The maximum Gasteiger partial charge on any atom is 0.213 e. The second kappa shape index (κ2) is 8.24. The molecule has 2 N–H and O–H groups in total. The summed E-state index contributed by atoms with van der Waals surface area (Å²) in [5, 5.41) is 20.4. The highest BCUT2D eigenvalue weighted by molar-refractivity contribution is 6.26. The molecule has 6 rings (SSSR count). The number of hydrogen-bond acceptors (Lipinski definition) is 9. The van der Waals surface area contributed by atoms with Crippen LogP contribution >= 0.6 is 0 Å². The number of rotatable bonds is 2. The van der Waals surface area contributed by atoms with Gasteiger partial charge >= 0.3 is 0 Å². The summed E-state index contributed by atoms with van der Waals surface area (Å²) >= 11 is 0. The van der Waals surface area contributed by atoms with Crippen molar-refractivity contribution in [2.75, 3.05) is 0 Å². The third kappa shape index (κ3) is 3.21. The molecule has 2 aromatic carbocycles. The molecule has 0 amide bonds. The number of Topliss-reactive ketones (excluding diaryl/α,β-unsaturated/α-hetero) is 5. The summed E-state index contributed by atoms with van der Waals surface area (Å²) in [4.78, 5) is 66.5. The van der Waals surface area contributed by atoms with Gasteiger partial charge in [0.15, 0.2) is 35.3 Å². The van der Waals surface area contributed by atoms with Crippen molar-refractivity contribution < 1.29 is 43.7 Å². The van der Waals surface area contributed by atoms with Crippen molar-refractivity contribution in [2.45, 2.75) is 38.9 Å². The summed E-state index contributed by atoms with van der Waals surface area (Å²) in [6.07, 6.45) is -2.45. The number of benzene rings is 2. The smallest absolute Gasteiger partial charge is 0.213 e. The highest BCUT2D eigenvalue weighted by atomic mass is 16.5. The number of carbonyl (C=O) groups excluding carboxylic acids is 5. The highest BCUT2D eigenvalue weighted by Crippen LogP contribution is 2.44. The molecule has 38 heavy (non-hydrogen) atoms. The van der Waals surface area contributed by atoms with Crippen LogP contribution in [-0.4, -0.2) is 51.3 Å².